The molecule has 0 bridgehead atoms. The van der Waals surface area contributed by atoms with Gasteiger partial charge in [-0.3, -0.25) is 9.69 Å². The number of imidazole rings is 1. The Balaban J connectivity index is 1.49. The summed E-state index contributed by atoms with van der Waals surface area (Å²) in [5.41, 5.74) is 3.97. The number of likely N-dealkylation sites (tertiary alicyclic amines) is 1. The molecule has 0 aliphatic carbocycles. The van der Waals surface area contributed by atoms with Gasteiger partial charge in [0.05, 0.1) is 22.8 Å². The van der Waals surface area contributed by atoms with Gasteiger partial charge >= 0.3 is 6.09 Å². The third-order valence-corrected chi connectivity index (χ3v) is 7.90. The van der Waals surface area contributed by atoms with Gasteiger partial charge < -0.3 is 19.1 Å². The molecule has 1 aliphatic rings. The lowest BCUT2D eigenvalue weighted by Crippen LogP contribution is -2.59. The van der Waals surface area contributed by atoms with E-state index < -0.39 is 11.6 Å². The fourth-order valence-electron chi connectivity index (χ4n) is 6.04. The summed E-state index contributed by atoms with van der Waals surface area (Å²) < 4.78 is 4.35. The first-order chi connectivity index (χ1) is 18.0. The van der Waals surface area contributed by atoms with Gasteiger partial charge in [0.15, 0.2) is 5.82 Å². The molecule has 38 heavy (non-hydrogen) atoms. The summed E-state index contributed by atoms with van der Waals surface area (Å²) in [5.74, 6) is 0.773. The molecule has 2 atom stereocenters. The third-order valence-electron chi connectivity index (χ3n) is 7.90. The van der Waals surface area contributed by atoms with Crippen LogP contribution in [0.2, 0.25) is 0 Å². The number of benzene rings is 2. The molecule has 2 aromatic heterocycles. The highest BCUT2D eigenvalue weighted by Gasteiger charge is 2.39. The number of aromatic nitrogens is 3. The average molecular weight is 516 g/mol. The Bertz CT molecular complexity index is 1530. The minimum Gasteiger partial charge on any atom is -0.465 e. The smallest absolute Gasteiger partial charge is 0.408 e. The number of rotatable bonds is 4. The number of hydrogen-bond acceptors (Lipinski definition) is 3. The van der Waals surface area contributed by atoms with E-state index >= 15 is 0 Å². The number of piperidine rings is 1. The van der Waals surface area contributed by atoms with Crippen molar-refractivity contribution in [1.29, 1.82) is 0 Å². The van der Waals surface area contributed by atoms with Crippen molar-refractivity contribution >= 4 is 33.9 Å². The lowest BCUT2D eigenvalue weighted by Gasteiger charge is -2.46. The number of aryl methyl sites for hydroxylation is 2. The van der Waals surface area contributed by atoms with Crippen LogP contribution >= 0.6 is 0 Å². The van der Waals surface area contributed by atoms with Crippen LogP contribution in [-0.2, 0) is 13.6 Å². The van der Waals surface area contributed by atoms with E-state index in [1.807, 2.05) is 63.9 Å². The van der Waals surface area contributed by atoms with Gasteiger partial charge in [-0.05, 0) is 77.8 Å². The van der Waals surface area contributed by atoms with Gasteiger partial charge in [-0.25, -0.2) is 9.78 Å². The van der Waals surface area contributed by atoms with E-state index in [1.54, 1.807) is 0 Å². The van der Waals surface area contributed by atoms with Crippen molar-refractivity contribution in [3.05, 3.63) is 54.1 Å². The molecule has 0 unspecified atom stereocenters. The zero-order chi connectivity index (χ0) is 27.4. The SMILES string of the molecule is CCn1c(-c2nc3cc(C(=O)N4C[C@H](N(C(=O)O)C(C)(C)C)CC[C@@H]4C)ccc3n2C)cc2ccccc21. The molecule has 1 saturated heterocycles. The Hall–Kier alpha value is -3.81. The molecule has 1 N–H and O–H groups in total. The minimum absolute atomic E-state index is 0.0321. The fraction of sp³-hybridized carbons (Fsp3) is 0.433. The topological polar surface area (TPSA) is 83.6 Å². The van der Waals surface area contributed by atoms with Crippen LogP contribution in [0.1, 0.15) is 57.8 Å². The summed E-state index contributed by atoms with van der Waals surface area (Å²) in [7, 11) is 2.01. The van der Waals surface area contributed by atoms with Crippen LogP contribution in [0.3, 0.4) is 0 Å². The average Bonchev–Trinajstić information content (AvgIpc) is 3.40. The van der Waals surface area contributed by atoms with Gasteiger partial charge in [-0.1, -0.05) is 18.2 Å². The molecule has 0 radical (unpaired) electrons. The number of carboxylic acid groups (broad SMARTS) is 1. The molecule has 8 heteroatoms. The van der Waals surface area contributed by atoms with Crippen LogP contribution in [0.4, 0.5) is 4.79 Å². The van der Waals surface area contributed by atoms with E-state index in [2.05, 4.69) is 40.3 Å². The van der Waals surface area contributed by atoms with Gasteiger partial charge in [0.2, 0.25) is 0 Å². The zero-order valence-corrected chi connectivity index (χ0v) is 23.1. The monoisotopic (exact) mass is 515 g/mol. The van der Waals surface area contributed by atoms with Gasteiger partial charge in [0, 0.05) is 48.2 Å². The Morgan fingerprint density at radius 3 is 2.50 bits per heavy atom. The molecular weight excluding hydrogens is 478 g/mol. The lowest BCUT2D eigenvalue weighted by molar-refractivity contribution is 0.0195. The number of para-hydroxylation sites is 1. The van der Waals surface area contributed by atoms with Crippen LogP contribution in [-0.4, -0.2) is 65.2 Å². The number of hydrogen-bond donors (Lipinski definition) is 1. The zero-order valence-electron chi connectivity index (χ0n) is 23.1. The number of amides is 2. The predicted octanol–water partition coefficient (Wildman–Crippen LogP) is 5.99. The highest BCUT2D eigenvalue weighted by atomic mass is 16.4. The van der Waals surface area contributed by atoms with Crippen molar-refractivity contribution in [2.24, 2.45) is 7.05 Å². The summed E-state index contributed by atoms with van der Waals surface area (Å²) in [6, 6.07) is 16.0. The first kappa shape index (κ1) is 25.8. The molecule has 0 spiro atoms. The molecule has 200 valence electrons. The number of fused-ring (bicyclic) bond motifs is 2. The van der Waals surface area contributed by atoms with Crippen molar-refractivity contribution in [2.45, 2.75) is 71.6 Å². The van der Waals surface area contributed by atoms with Crippen molar-refractivity contribution < 1.29 is 14.7 Å². The maximum Gasteiger partial charge on any atom is 0.408 e. The van der Waals surface area contributed by atoms with E-state index in [1.165, 1.54) is 15.8 Å². The molecular formula is C30H37N5O3. The highest BCUT2D eigenvalue weighted by Crippen LogP contribution is 2.31. The van der Waals surface area contributed by atoms with Crippen molar-refractivity contribution in [2.75, 3.05) is 6.54 Å². The van der Waals surface area contributed by atoms with E-state index in [4.69, 9.17) is 4.98 Å². The van der Waals surface area contributed by atoms with Crippen molar-refractivity contribution in [3.63, 3.8) is 0 Å². The van der Waals surface area contributed by atoms with Crippen LogP contribution in [0.5, 0.6) is 0 Å². The lowest BCUT2D eigenvalue weighted by atomic mass is 9.93. The summed E-state index contributed by atoms with van der Waals surface area (Å²) in [5, 5.41) is 11.1. The second kappa shape index (κ2) is 9.49. The maximum atomic E-state index is 13.7. The first-order valence-electron chi connectivity index (χ1n) is 13.4. The molecule has 2 aromatic carbocycles. The molecule has 3 heterocycles. The molecule has 4 aromatic rings. The molecule has 5 rings (SSSR count). The molecule has 1 aliphatic heterocycles. The summed E-state index contributed by atoms with van der Waals surface area (Å²) in [6.07, 6.45) is 0.549. The minimum atomic E-state index is -0.948. The second-order valence-corrected chi connectivity index (χ2v) is 11.4. The predicted molar refractivity (Wildman–Crippen MR) is 150 cm³/mol. The molecule has 0 saturated carbocycles. The normalized spacial score (nSPS) is 18.3. The molecule has 1 fully saturated rings. The van der Waals surface area contributed by atoms with E-state index in [9.17, 15) is 14.7 Å². The van der Waals surface area contributed by atoms with Gasteiger partial charge in [-0.15, -0.1) is 0 Å². The van der Waals surface area contributed by atoms with Crippen LogP contribution < -0.4 is 0 Å². The third kappa shape index (κ3) is 4.31. The Labute approximate surface area is 223 Å². The summed E-state index contributed by atoms with van der Waals surface area (Å²) in [4.78, 5) is 34.1. The molecule has 2 amide bonds. The number of carbonyl (C=O) groups is 2. The van der Waals surface area contributed by atoms with E-state index in [0.717, 1.165) is 41.9 Å². The quantitative estimate of drug-likeness (QED) is 0.362. The largest absolute Gasteiger partial charge is 0.465 e. The van der Waals surface area contributed by atoms with E-state index in [0.29, 0.717) is 12.1 Å². The van der Waals surface area contributed by atoms with Crippen molar-refractivity contribution in [1.82, 2.24) is 23.9 Å². The standard InChI is InChI=1S/C30H37N5O3/c1-7-33-24-11-9-8-10-20(24)17-26(33)27-31-23-16-21(13-15-25(23)32(27)6)28(36)34-18-22(14-12-19(34)2)35(29(37)38)30(3,4)5/h8-11,13,15-17,19,22H,7,12,14,18H2,1-6H3,(H,37,38)/t19-,22+/m0/s1. The van der Waals surface area contributed by atoms with Crippen LogP contribution in [0, 0.1) is 0 Å². The first-order valence-corrected chi connectivity index (χ1v) is 13.4. The summed E-state index contributed by atoms with van der Waals surface area (Å²) >= 11 is 0. The second-order valence-electron chi connectivity index (χ2n) is 11.4. The van der Waals surface area contributed by atoms with Crippen LogP contribution in [0.15, 0.2) is 48.5 Å². The van der Waals surface area contributed by atoms with Crippen molar-refractivity contribution in [3.8, 4) is 11.5 Å². The number of nitrogens with zero attached hydrogens (tertiary/aromatic N) is 5. The summed E-state index contributed by atoms with van der Waals surface area (Å²) in [6.45, 7) is 11.1. The Morgan fingerprint density at radius 1 is 1.08 bits per heavy atom. The van der Waals surface area contributed by atoms with Gasteiger partial charge in [-0.2, -0.15) is 0 Å². The van der Waals surface area contributed by atoms with E-state index in [-0.39, 0.29) is 18.0 Å². The van der Waals surface area contributed by atoms with Gasteiger partial charge in [0.25, 0.3) is 5.91 Å². The maximum absolute atomic E-state index is 13.7. The van der Waals surface area contributed by atoms with Crippen LogP contribution in [0.25, 0.3) is 33.5 Å². The molecule has 8 nitrogen and oxygen atoms in total. The Morgan fingerprint density at radius 2 is 1.82 bits per heavy atom. The fourth-order valence-corrected chi connectivity index (χ4v) is 6.04. The van der Waals surface area contributed by atoms with Gasteiger partial charge in [0.1, 0.15) is 0 Å². The number of carbonyl (C=O) groups excluding carboxylic acids is 1. The Kier molecular flexibility index (Phi) is 6.45. The highest BCUT2D eigenvalue weighted by molar-refractivity contribution is 5.98.